The lowest BCUT2D eigenvalue weighted by atomic mass is 10.0. The van der Waals surface area contributed by atoms with Gasteiger partial charge in [-0.05, 0) is 45.7 Å². The van der Waals surface area contributed by atoms with E-state index < -0.39 is 4.92 Å². The third-order valence-corrected chi connectivity index (χ3v) is 6.96. The number of benzene rings is 1. The number of nitrogens with zero attached hydrogens (tertiary/aromatic N) is 3. The van der Waals surface area contributed by atoms with Gasteiger partial charge >= 0.3 is 0 Å². The molecule has 0 saturated carbocycles. The molecule has 4 rings (SSSR count). The molecule has 12 heteroatoms. The normalized spacial score (nSPS) is 22.0. The molecule has 198 valence electrons. The van der Waals surface area contributed by atoms with Crippen molar-refractivity contribution in [1.29, 1.82) is 0 Å². The van der Waals surface area contributed by atoms with Crippen LogP contribution in [0.4, 0.5) is 11.4 Å². The van der Waals surface area contributed by atoms with E-state index in [1.807, 2.05) is 13.8 Å². The first-order chi connectivity index (χ1) is 17.5. The van der Waals surface area contributed by atoms with Crippen molar-refractivity contribution in [1.82, 2.24) is 14.8 Å². The molecule has 37 heavy (non-hydrogen) atoms. The molecule has 0 radical (unpaired) electrons. The first kappa shape index (κ1) is 26.8. The Kier molecular flexibility index (Phi) is 7.98. The van der Waals surface area contributed by atoms with Gasteiger partial charge in [-0.3, -0.25) is 24.5 Å². The van der Waals surface area contributed by atoms with Crippen LogP contribution < -0.4 is 10.9 Å². The lowest BCUT2D eigenvalue weighted by molar-refractivity contribution is -0.384. The van der Waals surface area contributed by atoms with Crippen LogP contribution in [-0.4, -0.2) is 76.0 Å². The number of likely N-dealkylation sites (tertiary alicyclic amines) is 1. The third-order valence-electron chi connectivity index (χ3n) is 6.50. The molecule has 0 bridgehead atoms. The molecule has 2 aromatic rings. The predicted octanol–water partition coefficient (Wildman–Crippen LogP) is 3.32. The Morgan fingerprint density at radius 1 is 1.11 bits per heavy atom. The first-order valence-electron chi connectivity index (χ1n) is 12.2. The van der Waals surface area contributed by atoms with Gasteiger partial charge in [0.15, 0.2) is 0 Å². The standard InChI is InChI=1S/C25H30BrN5O6/c1-14-7-17(8-22(32)27-14)24(33)29-6-4-5-19(13-29)28-23-20(9-18(26)10-21(23)31(35)36)25(34)30-11-15(2)37-16(3)12-30/h7-10,15-16,19,28H,4-6,11-13H2,1-3H3,(H,27,32)/t15-,16+,19-/m1/s1. The van der Waals surface area contributed by atoms with Crippen LogP contribution >= 0.6 is 15.9 Å². The van der Waals surface area contributed by atoms with E-state index in [2.05, 4.69) is 26.2 Å². The molecule has 11 nitrogen and oxygen atoms in total. The molecule has 0 spiro atoms. The van der Waals surface area contributed by atoms with Gasteiger partial charge in [0, 0.05) is 60.1 Å². The molecular formula is C25H30BrN5O6. The summed E-state index contributed by atoms with van der Waals surface area (Å²) in [7, 11) is 0. The average Bonchev–Trinajstić information content (AvgIpc) is 2.82. The van der Waals surface area contributed by atoms with E-state index in [1.165, 1.54) is 12.1 Å². The molecule has 0 unspecified atom stereocenters. The lowest BCUT2D eigenvalue weighted by Crippen LogP contribution is -2.48. The van der Waals surface area contributed by atoms with Gasteiger partial charge in [-0.1, -0.05) is 15.9 Å². The summed E-state index contributed by atoms with van der Waals surface area (Å²) < 4.78 is 6.16. The van der Waals surface area contributed by atoms with Crippen LogP contribution in [-0.2, 0) is 4.74 Å². The van der Waals surface area contributed by atoms with Gasteiger partial charge in [0.25, 0.3) is 17.5 Å². The highest BCUT2D eigenvalue weighted by atomic mass is 79.9. The molecule has 2 fully saturated rings. The molecule has 1 aromatic heterocycles. The monoisotopic (exact) mass is 575 g/mol. The van der Waals surface area contributed by atoms with Crippen LogP contribution in [0.2, 0.25) is 0 Å². The Balaban J connectivity index is 1.62. The number of aromatic amines is 1. The van der Waals surface area contributed by atoms with Crippen LogP contribution in [0.3, 0.4) is 0 Å². The number of nitrogens with one attached hydrogen (secondary N) is 2. The smallest absolute Gasteiger partial charge is 0.294 e. The summed E-state index contributed by atoms with van der Waals surface area (Å²) >= 11 is 3.31. The van der Waals surface area contributed by atoms with Gasteiger partial charge < -0.3 is 24.8 Å². The molecule has 2 N–H and O–H groups in total. The van der Waals surface area contributed by atoms with Crippen molar-refractivity contribution in [2.75, 3.05) is 31.5 Å². The summed E-state index contributed by atoms with van der Waals surface area (Å²) in [5.74, 6) is -0.602. The highest BCUT2D eigenvalue weighted by Gasteiger charge is 2.33. The number of aromatic nitrogens is 1. The number of nitro groups is 1. The molecule has 2 aliphatic heterocycles. The zero-order valence-corrected chi connectivity index (χ0v) is 22.5. The van der Waals surface area contributed by atoms with E-state index in [4.69, 9.17) is 4.74 Å². The molecule has 2 saturated heterocycles. The van der Waals surface area contributed by atoms with E-state index in [0.717, 1.165) is 0 Å². The second-order valence-electron chi connectivity index (χ2n) is 9.72. The molecule has 0 aliphatic carbocycles. The van der Waals surface area contributed by atoms with Crippen molar-refractivity contribution < 1.29 is 19.2 Å². The number of hydrogen-bond donors (Lipinski definition) is 2. The number of ether oxygens (including phenoxy) is 1. The second kappa shape index (κ2) is 11.0. The number of halogens is 1. The van der Waals surface area contributed by atoms with Crippen LogP contribution in [0.15, 0.2) is 33.5 Å². The minimum Gasteiger partial charge on any atom is -0.374 e. The van der Waals surface area contributed by atoms with Crippen molar-refractivity contribution in [3.05, 3.63) is 66.0 Å². The minimum atomic E-state index is -0.515. The topological polar surface area (TPSA) is 138 Å². The largest absolute Gasteiger partial charge is 0.374 e. The summed E-state index contributed by atoms with van der Waals surface area (Å²) in [5.41, 5.74) is 0.634. The van der Waals surface area contributed by atoms with E-state index in [0.29, 0.717) is 48.2 Å². The molecule has 1 aromatic carbocycles. The number of morpholine rings is 1. The zero-order chi connectivity index (χ0) is 26.9. The van der Waals surface area contributed by atoms with Crippen molar-refractivity contribution >= 4 is 39.1 Å². The molecule has 2 amide bonds. The van der Waals surface area contributed by atoms with Crippen molar-refractivity contribution in [3.8, 4) is 0 Å². The number of aryl methyl sites for hydroxylation is 1. The molecule has 3 heterocycles. The number of amides is 2. The fourth-order valence-electron chi connectivity index (χ4n) is 5.04. The number of piperidine rings is 1. The molecule has 2 aliphatic rings. The molecular weight excluding hydrogens is 546 g/mol. The average molecular weight is 576 g/mol. The highest BCUT2D eigenvalue weighted by molar-refractivity contribution is 9.10. The van der Waals surface area contributed by atoms with Crippen LogP contribution in [0.25, 0.3) is 0 Å². The van der Waals surface area contributed by atoms with Gasteiger partial charge in [-0.25, -0.2) is 0 Å². The summed E-state index contributed by atoms with van der Waals surface area (Å²) in [6, 6.07) is 5.53. The number of anilines is 1. The van der Waals surface area contributed by atoms with Crippen molar-refractivity contribution in [3.63, 3.8) is 0 Å². The fraction of sp³-hybridized carbons (Fsp3) is 0.480. The Morgan fingerprint density at radius 3 is 2.46 bits per heavy atom. The van der Waals surface area contributed by atoms with Gasteiger partial charge in [0.2, 0.25) is 5.56 Å². The maximum Gasteiger partial charge on any atom is 0.294 e. The Labute approximate surface area is 222 Å². The lowest BCUT2D eigenvalue weighted by Gasteiger charge is -2.36. The van der Waals surface area contributed by atoms with E-state index >= 15 is 0 Å². The summed E-state index contributed by atoms with van der Waals surface area (Å²) in [4.78, 5) is 56.0. The minimum absolute atomic E-state index is 0.135. The van der Waals surface area contributed by atoms with Crippen LogP contribution in [0.5, 0.6) is 0 Å². The van der Waals surface area contributed by atoms with Crippen molar-refractivity contribution in [2.45, 2.75) is 51.9 Å². The second-order valence-corrected chi connectivity index (χ2v) is 10.6. The highest BCUT2D eigenvalue weighted by Crippen LogP contribution is 2.35. The Bertz CT molecular complexity index is 1270. The van der Waals surface area contributed by atoms with Crippen LogP contribution in [0.1, 0.15) is 53.1 Å². The van der Waals surface area contributed by atoms with Crippen molar-refractivity contribution in [2.24, 2.45) is 0 Å². The predicted molar refractivity (Wildman–Crippen MR) is 141 cm³/mol. The maximum atomic E-state index is 13.6. The summed E-state index contributed by atoms with van der Waals surface area (Å²) in [5, 5.41) is 15.2. The number of rotatable bonds is 5. The zero-order valence-electron chi connectivity index (χ0n) is 21.0. The van der Waals surface area contributed by atoms with Gasteiger partial charge in [0.1, 0.15) is 5.69 Å². The fourth-order valence-corrected chi connectivity index (χ4v) is 5.49. The number of carbonyl (C=O) groups is 2. The van der Waals surface area contributed by atoms with E-state index in [1.54, 1.807) is 28.9 Å². The Morgan fingerprint density at radius 2 is 1.81 bits per heavy atom. The molecule has 3 atom stereocenters. The summed E-state index contributed by atoms with van der Waals surface area (Å²) in [6.45, 7) is 7.01. The van der Waals surface area contributed by atoms with Gasteiger partial charge in [0.05, 0.1) is 22.7 Å². The first-order valence-corrected chi connectivity index (χ1v) is 13.0. The van der Waals surface area contributed by atoms with Crippen LogP contribution in [0, 0.1) is 17.0 Å². The SMILES string of the molecule is Cc1cc(C(=O)N2CCC[C@@H](Nc3c(C(=O)N4C[C@@H](C)O[C@@H](C)C4)cc(Br)cc3[N+](=O)[O-])C2)cc(=O)[nH]1. The number of H-pyrrole nitrogens is 1. The number of carbonyl (C=O) groups excluding carboxylic acids is 2. The van der Waals surface area contributed by atoms with E-state index in [9.17, 15) is 24.5 Å². The quantitative estimate of drug-likeness (QED) is 0.412. The Hall–Kier alpha value is -3.25. The van der Waals surface area contributed by atoms with Gasteiger partial charge in [-0.15, -0.1) is 0 Å². The van der Waals surface area contributed by atoms with E-state index in [-0.39, 0.29) is 59.1 Å². The summed E-state index contributed by atoms with van der Waals surface area (Å²) in [6.07, 6.45) is 1.01. The maximum absolute atomic E-state index is 13.6. The third kappa shape index (κ3) is 6.19. The number of nitro benzene ring substituents is 1. The van der Waals surface area contributed by atoms with Gasteiger partial charge in [-0.2, -0.15) is 0 Å². The number of hydrogen-bond acceptors (Lipinski definition) is 7. The number of pyridine rings is 1.